The van der Waals surface area contributed by atoms with Crippen molar-refractivity contribution in [2.45, 2.75) is 6.10 Å². The van der Waals surface area contributed by atoms with Crippen molar-refractivity contribution in [3.05, 3.63) is 48.3 Å². The second-order valence-corrected chi connectivity index (χ2v) is 5.99. The van der Waals surface area contributed by atoms with E-state index in [2.05, 4.69) is 25.6 Å². The molecule has 8 heteroatoms. The van der Waals surface area contributed by atoms with Gasteiger partial charge in [0, 0.05) is 37.6 Å². The van der Waals surface area contributed by atoms with Crippen molar-refractivity contribution in [1.82, 2.24) is 20.3 Å². The second kappa shape index (κ2) is 7.27. The normalized spacial score (nSPS) is 17.4. The standard InChI is InChI=1S/C18H17F2N5O/c19-13-2-1-11(7-14(13)20)15-8-16-17(23-4-3-22-16)18(25-15)24-10-12-9-21-5-6-26-12/h1-4,7-8,12,21H,5-6,9-10H2,(H,24,25). The number of halogens is 2. The maximum atomic E-state index is 13.6. The lowest BCUT2D eigenvalue weighted by Gasteiger charge is -2.24. The van der Waals surface area contributed by atoms with Crippen LogP contribution in [0, 0.1) is 11.6 Å². The van der Waals surface area contributed by atoms with Crippen LogP contribution in [0.25, 0.3) is 22.3 Å². The van der Waals surface area contributed by atoms with Gasteiger partial charge in [0.2, 0.25) is 0 Å². The quantitative estimate of drug-likeness (QED) is 0.747. The van der Waals surface area contributed by atoms with E-state index in [1.165, 1.54) is 6.07 Å². The molecule has 0 spiro atoms. The Labute approximate surface area is 148 Å². The number of morpholine rings is 1. The van der Waals surface area contributed by atoms with Crippen molar-refractivity contribution in [2.75, 3.05) is 31.6 Å². The topological polar surface area (TPSA) is 72.0 Å². The molecule has 1 aliphatic heterocycles. The van der Waals surface area contributed by atoms with Gasteiger partial charge in [-0.1, -0.05) is 0 Å². The van der Waals surface area contributed by atoms with Crippen molar-refractivity contribution in [3.63, 3.8) is 0 Å². The zero-order valence-electron chi connectivity index (χ0n) is 13.9. The highest BCUT2D eigenvalue weighted by Gasteiger charge is 2.16. The first-order valence-corrected chi connectivity index (χ1v) is 8.34. The molecule has 0 amide bonds. The van der Waals surface area contributed by atoms with E-state index in [1.807, 2.05) is 0 Å². The highest BCUT2D eigenvalue weighted by atomic mass is 19.2. The zero-order valence-corrected chi connectivity index (χ0v) is 13.9. The Morgan fingerprint density at radius 2 is 2.04 bits per heavy atom. The van der Waals surface area contributed by atoms with E-state index in [9.17, 15) is 8.78 Å². The molecule has 26 heavy (non-hydrogen) atoms. The van der Waals surface area contributed by atoms with Crippen molar-refractivity contribution >= 4 is 16.9 Å². The summed E-state index contributed by atoms with van der Waals surface area (Å²) in [6.45, 7) is 2.80. The number of aromatic nitrogens is 3. The monoisotopic (exact) mass is 357 g/mol. The minimum absolute atomic E-state index is 0.0178. The second-order valence-electron chi connectivity index (χ2n) is 5.99. The molecule has 3 heterocycles. The first-order valence-electron chi connectivity index (χ1n) is 8.34. The number of rotatable bonds is 4. The molecule has 0 aliphatic carbocycles. The number of hydrogen-bond acceptors (Lipinski definition) is 6. The van der Waals surface area contributed by atoms with Gasteiger partial charge in [-0.05, 0) is 24.3 Å². The van der Waals surface area contributed by atoms with Gasteiger partial charge in [-0.3, -0.25) is 4.98 Å². The summed E-state index contributed by atoms with van der Waals surface area (Å²) in [6, 6.07) is 5.40. The summed E-state index contributed by atoms with van der Waals surface area (Å²) in [6.07, 6.45) is 3.18. The Hall–Kier alpha value is -2.71. The molecule has 1 fully saturated rings. The van der Waals surface area contributed by atoms with Crippen LogP contribution in [0.3, 0.4) is 0 Å². The summed E-state index contributed by atoms with van der Waals surface area (Å²) in [4.78, 5) is 13.2. The van der Waals surface area contributed by atoms with Gasteiger partial charge in [-0.15, -0.1) is 0 Å². The van der Waals surface area contributed by atoms with Crippen LogP contribution in [0.15, 0.2) is 36.7 Å². The summed E-state index contributed by atoms with van der Waals surface area (Å²) < 4.78 is 32.5. The van der Waals surface area contributed by atoms with Crippen LogP contribution in [-0.4, -0.2) is 47.3 Å². The van der Waals surface area contributed by atoms with Crippen LogP contribution in [0.4, 0.5) is 14.6 Å². The van der Waals surface area contributed by atoms with Crippen LogP contribution < -0.4 is 10.6 Å². The predicted molar refractivity (Wildman–Crippen MR) is 93.8 cm³/mol. The van der Waals surface area contributed by atoms with Gasteiger partial charge < -0.3 is 15.4 Å². The minimum atomic E-state index is -0.917. The summed E-state index contributed by atoms with van der Waals surface area (Å²) in [7, 11) is 0. The molecule has 0 bridgehead atoms. The summed E-state index contributed by atoms with van der Waals surface area (Å²) >= 11 is 0. The fourth-order valence-electron chi connectivity index (χ4n) is 2.86. The molecule has 3 aromatic rings. The van der Waals surface area contributed by atoms with E-state index in [0.29, 0.717) is 41.3 Å². The molecular formula is C18H17F2N5O. The first-order chi connectivity index (χ1) is 12.7. The lowest BCUT2D eigenvalue weighted by molar-refractivity contribution is 0.0372. The van der Waals surface area contributed by atoms with Gasteiger partial charge in [-0.2, -0.15) is 0 Å². The van der Waals surface area contributed by atoms with Crippen LogP contribution in [-0.2, 0) is 4.74 Å². The fourth-order valence-corrected chi connectivity index (χ4v) is 2.86. The molecule has 1 unspecified atom stereocenters. The molecule has 2 aromatic heterocycles. The average molecular weight is 357 g/mol. The van der Waals surface area contributed by atoms with Gasteiger partial charge in [0.25, 0.3) is 0 Å². The summed E-state index contributed by atoms with van der Waals surface area (Å²) in [5.74, 6) is -1.28. The number of benzene rings is 1. The Morgan fingerprint density at radius 3 is 2.85 bits per heavy atom. The highest BCUT2D eigenvalue weighted by molar-refractivity contribution is 5.88. The van der Waals surface area contributed by atoms with E-state index in [0.717, 1.165) is 25.2 Å². The maximum absolute atomic E-state index is 13.6. The molecular weight excluding hydrogens is 340 g/mol. The molecule has 1 saturated heterocycles. The van der Waals surface area contributed by atoms with Crippen LogP contribution >= 0.6 is 0 Å². The van der Waals surface area contributed by atoms with Crippen molar-refractivity contribution in [2.24, 2.45) is 0 Å². The number of nitrogens with zero attached hydrogens (tertiary/aromatic N) is 3. The van der Waals surface area contributed by atoms with Gasteiger partial charge >= 0.3 is 0 Å². The minimum Gasteiger partial charge on any atom is -0.374 e. The smallest absolute Gasteiger partial charge is 0.159 e. The summed E-state index contributed by atoms with van der Waals surface area (Å²) in [5, 5.41) is 6.51. The average Bonchev–Trinajstić information content (AvgIpc) is 2.69. The third-order valence-electron chi connectivity index (χ3n) is 4.17. The Bertz CT molecular complexity index is 931. The van der Waals surface area contributed by atoms with Crippen LogP contribution in [0.2, 0.25) is 0 Å². The van der Waals surface area contributed by atoms with Gasteiger partial charge in [-0.25, -0.2) is 18.7 Å². The largest absolute Gasteiger partial charge is 0.374 e. The van der Waals surface area contributed by atoms with E-state index in [1.54, 1.807) is 18.5 Å². The van der Waals surface area contributed by atoms with Crippen molar-refractivity contribution < 1.29 is 13.5 Å². The van der Waals surface area contributed by atoms with E-state index in [4.69, 9.17) is 4.74 Å². The van der Waals surface area contributed by atoms with Crippen molar-refractivity contribution in [1.29, 1.82) is 0 Å². The fraction of sp³-hybridized carbons (Fsp3) is 0.278. The lowest BCUT2D eigenvalue weighted by Crippen LogP contribution is -2.42. The number of ether oxygens (including phenoxy) is 1. The zero-order chi connectivity index (χ0) is 17.9. The maximum Gasteiger partial charge on any atom is 0.159 e. The Kier molecular flexibility index (Phi) is 4.68. The third kappa shape index (κ3) is 3.47. The van der Waals surface area contributed by atoms with Gasteiger partial charge in [0.05, 0.1) is 23.9 Å². The van der Waals surface area contributed by atoms with Crippen LogP contribution in [0.1, 0.15) is 0 Å². The van der Waals surface area contributed by atoms with E-state index in [-0.39, 0.29) is 6.10 Å². The number of nitrogens with one attached hydrogen (secondary N) is 2. The molecule has 1 atom stereocenters. The number of fused-ring (bicyclic) bond motifs is 1. The molecule has 0 radical (unpaired) electrons. The Balaban J connectivity index is 1.69. The van der Waals surface area contributed by atoms with Gasteiger partial charge in [0.1, 0.15) is 5.52 Å². The van der Waals surface area contributed by atoms with E-state index < -0.39 is 11.6 Å². The van der Waals surface area contributed by atoms with Crippen LogP contribution in [0.5, 0.6) is 0 Å². The predicted octanol–water partition coefficient (Wildman–Crippen LogP) is 2.37. The molecule has 1 aliphatic rings. The summed E-state index contributed by atoms with van der Waals surface area (Å²) in [5.41, 5.74) is 2.19. The molecule has 0 saturated carbocycles. The molecule has 2 N–H and O–H groups in total. The number of pyridine rings is 1. The SMILES string of the molecule is Fc1ccc(-c2cc3nccnc3c(NCC3CNCCO3)n2)cc1F. The molecule has 4 rings (SSSR count). The molecule has 134 valence electrons. The number of anilines is 1. The van der Waals surface area contributed by atoms with Gasteiger partial charge in [0.15, 0.2) is 17.5 Å². The van der Waals surface area contributed by atoms with Crippen molar-refractivity contribution in [3.8, 4) is 11.3 Å². The molecule has 1 aromatic carbocycles. The Morgan fingerprint density at radius 1 is 1.15 bits per heavy atom. The number of hydrogen-bond donors (Lipinski definition) is 2. The lowest BCUT2D eigenvalue weighted by atomic mass is 10.1. The first kappa shape index (κ1) is 16.7. The third-order valence-corrected chi connectivity index (χ3v) is 4.17. The van der Waals surface area contributed by atoms with E-state index >= 15 is 0 Å². The highest BCUT2D eigenvalue weighted by Crippen LogP contribution is 2.26. The molecule has 6 nitrogen and oxygen atoms in total.